The average Bonchev–Trinajstić information content (AvgIpc) is 2.03. The highest BCUT2D eigenvalue weighted by Crippen LogP contribution is 2.35. The lowest BCUT2D eigenvalue weighted by molar-refractivity contribution is 0.250. The largest absolute Gasteiger partial charge is 0.512 e. The maximum absolute atomic E-state index is 9.43. The third-order valence-electron chi connectivity index (χ3n) is 2.27. The Kier molecular flexibility index (Phi) is 2.69. The van der Waals surface area contributed by atoms with Crippen LogP contribution >= 0.6 is 0 Å². The molecule has 0 saturated carbocycles. The molecule has 0 spiro atoms. The van der Waals surface area contributed by atoms with E-state index >= 15 is 0 Å². The molecule has 0 atom stereocenters. The van der Waals surface area contributed by atoms with Crippen molar-refractivity contribution in [2.45, 2.75) is 33.6 Å². The fourth-order valence-electron chi connectivity index (χ4n) is 1.54. The summed E-state index contributed by atoms with van der Waals surface area (Å²) in [6.07, 6.45) is 3.34. The molecule has 1 N–H and O–H groups in total. The fourth-order valence-corrected chi connectivity index (χ4v) is 1.54. The van der Waals surface area contributed by atoms with E-state index in [0.717, 1.165) is 17.8 Å². The molecule has 0 saturated heterocycles. The minimum absolute atomic E-state index is 0.0414. The van der Waals surface area contributed by atoms with Crippen molar-refractivity contribution in [1.82, 2.24) is 0 Å². The summed E-state index contributed by atoms with van der Waals surface area (Å²) in [4.78, 5) is 0. The molecule has 74 valence electrons. The molecule has 0 radical (unpaired) electrons. The van der Waals surface area contributed by atoms with Crippen LogP contribution in [0, 0.1) is 5.41 Å². The van der Waals surface area contributed by atoms with Gasteiger partial charge in [0.15, 0.2) is 0 Å². The Morgan fingerprint density at radius 2 is 1.92 bits per heavy atom. The van der Waals surface area contributed by atoms with E-state index in [0.29, 0.717) is 12.2 Å². The van der Waals surface area contributed by atoms with E-state index in [1.54, 1.807) is 7.11 Å². The van der Waals surface area contributed by atoms with E-state index in [1.165, 1.54) is 0 Å². The van der Waals surface area contributed by atoms with Crippen molar-refractivity contribution in [2.24, 2.45) is 5.41 Å². The second-order valence-electron chi connectivity index (χ2n) is 4.43. The van der Waals surface area contributed by atoms with E-state index < -0.39 is 0 Å². The zero-order chi connectivity index (χ0) is 10.1. The van der Waals surface area contributed by atoms with Crippen LogP contribution in [0.3, 0.4) is 0 Å². The second-order valence-corrected chi connectivity index (χ2v) is 4.43. The SMILES string of the molecule is COC1=C(C(C)(C)C)C=C(O)CC1. The molecule has 13 heavy (non-hydrogen) atoms. The molecule has 0 aliphatic heterocycles. The molecule has 0 fully saturated rings. The van der Waals surface area contributed by atoms with Gasteiger partial charge in [0, 0.05) is 12.8 Å². The van der Waals surface area contributed by atoms with Crippen LogP contribution in [0.15, 0.2) is 23.2 Å². The average molecular weight is 182 g/mol. The van der Waals surface area contributed by atoms with Crippen molar-refractivity contribution in [1.29, 1.82) is 0 Å². The summed E-state index contributed by atoms with van der Waals surface area (Å²) in [6.45, 7) is 6.36. The van der Waals surface area contributed by atoms with Crippen LogP contribution in [0.2, 0.25) is 0 Å². The molecular formula is C11H18O2. The molecule has 2 nitrogen and oxygen atoms in total. The topological polar surface area (TPSA) is 29.5 Å². The first kappa shape index (κ1) is 10.2. The number of allylic oxidation sites excluding steroid dienone is 4. The molecule has 0 amide bonds. The number of aliphatic hydroxyl groups excluding tert-OH is 1. The second kappa shape index (κ2) is 3.44. The summed E-state index contributed by atoms with van der Waals surface area (Å²) in [6, 6.07) is 0. The van der Waals surface area contributed by atoms with Gasteiger partial charge in [-0.2, -0.15) is 0 Å². The molecule has 0 aromatic carbocycles. The van der Waals surface area contributed by atoms with Gasteiger partial charge in [-0.1, -0.05) is 20.8 Å². The Hall–Kier alpha value is -0.920. The molecule has 0 unspecified atom stereocenters. The summed E-state index contributed by atoms with van der Waals surface area (Å²) < 4.78 is 5.30. The van der Waals surface area contributed by atoms with Crippen molar-refractivity contribution < 1.29 is 9.84 Å². The monoisotopic (exact) mass is 182 g/mol. The van der Waals surface area contributed by atoms with Gasteiger partial charge in [0.1, 0.15) is 0 Å². The van der Waals surface area contributed by atoms with Gasteiger partial charge >= 0.3 is 0 Å². The van der Waals surface area contributed by atoms with Crippen LogP contribution in [0.25, 0.3) is 0 Å². The van der Waals surface area contributed by atoms with Crippen molar-refractivity contribution >= 4 is 0 Å². The number of methoxy groups -OCH3 is 1. The van der Waals surface area contributed by atoms with Gasteiger partial charge < -0.3 is 9.84 Å². The summed E-state index contributed by atoms with van der Waals surface area (Å²) >= 11 is 0. The lowest BCUT2D eigenvalue weighted by atomic mass is 9.82. The highest BCUT2D eigenvalue weighted by Gasteiger charge is 2.23. The summed E-state index contributed by atoms with van der Waals surface area (Å²) in [5.41, 5.74) is 1.15. The lowest BCUT2D eigenvalue weighted by Crippen LogP contribution is -2.14. The lowest BCUT2D eigenvalue weighted by Gasteiger charge is -2.26. The number of ether oxygens (including phenoxy) is 1. The van der Waals surface area contributed by atoms with E-state index in [9.17, 15) is 5.11 Å². The first-order chi connectivity index (χ1) is 5.95. The van der Waals surface area contributed by atoms with Gasteiger partial charge in [-0.15, -0.1) is 0 Å². The molecule has 2 heteroatoms. The van der Waals surface area contributed by atoms with Gasteiger partial charge in [-0.25, -0.2) is 0 Å². The number of hydrogen-bond acceptors (Lipinski definition) is 2. The third kappa shape index (κ3) is 2.27. The molecule has 0 aromatic rings. The van der Waals surface area contributed by atoms with Gasteiger partial charge in [0.25, 0.3) is 0 Å². The van der Waals surface area contributed by atoms with Gasteiger partial charge in [-0.05, 0) is 17.1 Å². The van der Waals surface area contributed by atoms with E-state index in [2.05, 4.69) is 20.8 Å². The zero-order valence-corrected chi connectivity index (χ0v) is 8.85. The van der Waals surface area contributed by atoms with Crippen LogP contribution in [0.4, 0.5) is 0 Å². The predicted octanol–water partition coefficient (Wildman–Crippen LogP) is 3.17. The van der Waals surface area contributed by atoms with Crippen molar-refractivity contribution in [2.75, 3.05) is 7.11 Å². The minimum Gasteiger partial charge on any atom is -0.512 e. The first-order valence-corrected chi connectivity index (χ1v) is 4.62. The third-order valence-corrected chi connectivity index (χ3v) is 2.27. The zero-order valence-electron chi connectivity index (χ0n) is 8.85. The van der Waals surface area contributed by atoms with Gasteiger partial charge in [-0.3, -0.25) is 0 Å². The first-order valence-electron chi connectivity index (χ1n) is 4.62. The number of aliphatic hydroxyl groups is 1. The Balaban J connectivity index is 3.06. The summed E-state index contributed by atoms with van der Waals surface area (Å²) in [7, 11) is 1.69. The van der Waals surface area contributed by atoms with E-state index in [-0.39, 0.29) is 5.41 Å². The summed E-state index contributed by atoms with van der Waals surface area (Å²) in [5, 5.41) is 9.43. The van der Waals surface area contributed by atoms with Crippen LogP contribution in [0.1, 0.15) is 33.6 Å². The van der Waals surface area contributed by atoms with E-state index in [4.69, 9.17) is 4.74 Å². The highest BCUT2D eigenvalue weighted by molar-refractivity contribution is 5.32. The Morgan fingerprint density at radius 1 is 1.31 bits per heavy atom. The fraction of sp³-hybridized carbons (Fsp3) is 0.636. The van der Waals surface area contributed by atoms with Crippen molar-refractivity contribution in [3.8, 4) is 0 Å². The molecule has 1 aliphatic rings. The predicted molar refractivity (Wildman–Crippen MR) is 53.4 cm³/mol. The minimum atomic E-state index is 0.0414. The van der Waals surface area contributed by atoms with Crippen LogP contribution in [-0.4, -0.2) is 12.2 Å². The normalized spacial score (nSPS) is 18.6. The molecule has 0 heterocycles. The maximum atomic E-state index is 9.43. The van der Waals surface area contributed by atoms with Gasteiger partial charge in [0.2, 0.25) is 0 Å². The highest BCUT2D eigenvalue weighted by atomic mass is 16.5. The molecule has 0 bridgehead atoms. The number of rotatable bonds is 1. The smallest absolute Gasteiger partial charge is 0.0998 e. The van der Waals surface area contributed by atoms with Crippen LogP contribution < -0.4 is 0 Å². The van der Waals surface area contributed by atoms with Crippen LogP contribution in [-0.2, 0) is 4.74 Å². The molecular weight excluding hydrogens is 164 g/mol. The Bertz CT molecular complexity index is 254. The van der Waals surface area contributed by atoms with Crippen molar-refractivity contribution in [3.63, 3.8) is 0 Å². The molecule has 1 aliphatic carbocycles. The van der Waals surface area contributed by atoms with Crippen molar-refractivity contribution in [3.05, 3.63) is 23.2 Å². The standard InChI is InChI=1S/C11H18O2/c1-11(2,3)9-7-8(12)5-6-10(9)13-4/h7,12H,5-6H2,1-4H3. The Labute approximate surface area is 79.9 Å². The Morgan fingerprint density at radius 3 is 2.38 bits per heavy atom. The molecule has 0 aromatic heterocycles. The van der Waals surface area contributed by atoms with E-state index in [1.807, 2.05) is 6.08 Å². The summed E-state index contributed by atoms with van der Waals surface area (Å²) in [5.74, 6) is 1.47. The number of hydrogen-bond donors (Lipinski definition) is 1. The van der Waals surface area contributed by atoms with Crippen LogP contribution in [0.5, 0.6) is 0 Å². The quantitative estimate of drug-likeness (QED) is 0.675. The molecule has 1 rings (SSSR count). The maximum Gasteiger partial charge on any atom is 0.0998 e. The van der Waals surface area contributed by atoms with Gasteiger partial charge in [0.05, 0.1) is 18.6 Å².